The molecule has 6 heteroatoms. The zero-order valence-corrected chi connectivity index (χ0v) is 15.5. The molecule has 0 aromatic heterocycles. The number of carbonyl (C=O) groups excluding carboxylic acids is 2. The second-order valence-corrected chi connectivity index (χ2v) is 7.62. The third-order valence-corrected chi connectivity index (χ3v) is 6.04. The standard InChI is InChI=1S/C22H22F2N2O2/c23-18-7-4-8-19(24)17(18)15-26-14-11-22(21(26)28)9-12-25(13-10-22)20(27)16-5-2-1-3-6-16/h1-8H,9-15H2. The average Bonchev–Trinajstić information content (AvgIpc) is 3.01. The van der Waals surface area contributed by atoms with Crippen molar-refractivity contribution < 1.29 is 18.4 Å². The highest BCUT2D eigenvalue weighted by atomic mass is 19.1. The van der Waals surface area contributed by atoms with E-state index in [4.69, 9.17) is 0 Å². The van der Waals surface area contributed by atoms with Gasteiger partial charge in [0.1, 0.15) is 11.6 Å². The molecule has 0 unspecified atom stereocenters. The lowest BCUT2D eigenvalue weighted by Crippen LogP contribution is -2.46. The molecule has 2 fully saturated rings. The van der Waals surface area contributed by atoms with E-state index in [1.165, 1.54) is 18.2 Å². The first-order chi connectivity index (χ1) is 13.5. The van der Waals surface area contributed by atoms with Crippen molar-refractivity contribution >= 4 is 11.8 Å². The maximum absolute atomic E-state index is 13.9. The van der Waals surface area contributed by atoms with Crippen LogP contribution >= 0.6 is 0 Å². The normalized spacial score (nSPS) is 18.7. The molecular weight excluding hydrogens is 362 g/mol. The third kappa shape index (κ3) is 3.28. The summed E-state index contributed by atoms with van der Waals surface area (Å²) < 4.78 is 27.9. The number of amides is 2. The van der Waals surface area contributed by atoms with Crippen LogP contribution < -0.4 is 0 Å². The van der Waals surface area contributed by atoms with Gasteiger partial charge in [-0.2, -0.15) is 0 Å². The van der Waals surface area contributed by atoms with Crippen LogP contribution in [0.25, 0.3) is 0 Å². The predicted molar refractivity (Wildman–Crippen MR) is 100 cm³/mol. The van der Waals surface area contributed by atoms with Crippen LogP contribution in [0.4, 0.5) is 8.78 Å². The summed E-state index contributed by atoms with van der Waals surface area (Å²) in [5, 5.41) is 0. The Morgan fingerprint density at radius 2 is 1.50 bits per heavy atom. The highest BCUT2D eigenvalue weighted by molar-refractivity contribution is 5.94. The number of hydrogen-bond acceptors (Lipinski definition) is 2. The number of benzene rings is 2. The SMILES string of the molecule is O=C(c1ccccc1)N1CCC2(CC1)CCN(Cc1c(F)cccc1F)C2=O. The van der Waals surface area contributed by atoms with E-state index in [9.17, 15) is 18.4 Å². The Morgan fingerprint density at radius 1 is 0.893 bits per heavy atom. The van der Waals surface area contributed by atoms with Crippen molar-refractivity contribution in [3.8, 4) is 0 Å². The summed E-state index contributed by atoms with van der Waals surface area (Å²) in [5.41, 5.74) is 0.0623. The van der Waals surface area contributed by atoms with E-state index in [-0.39, 0.29) is 23.9 Å². The summed E-state index contributed by atoms with van der Waals surface area (Å²) in [6.45, 7) is 1.47. The van der Waals surface area contributed by atoms with Crippen molar-refractivity contribution in [3.63, 3.8) is 0 Å². The molecule has 2 amide bonds. The lowest BCUT2D eigenvalue weighted by atomic mass is 9.77. The summed E-state index contributed by atoms with van der Waals surface area (Å²) in [7, 11) is 0. The molecule has 2 heterocycles. The Kier molecular flexibility index (Phi) is 4.87. The number of piperidine rings is 1. The molecule has 28 heavy (non-hydrogen) atoms. The van der Waals surface area contributed by atoms with E-state index in [1.54, 1.807) is 21.9 Å². The molecule has 0 radical (unpaired) electrons. The Hall–Kier alpha value is -2.76. The second kappa shape index (κ2) is 7.34. The summed E-state index contributed by atoms with van der Waals surface area (Å²) in [4.78, 5) is 29.0. The van der Waals surface area contributed by atoms with Gasteiger partial charge in [0.2, 0.25) is 5.91 Å². The molecule has 2 aliphatic heterocycles. The molecule has 0 atom stereocenters. The molecule has 0 bridgehead atoms. The monoisotopic (exact) mass is 384 g/mol. The third-order valence-electron chi connectivity index (χ3n) is 6.04. The zero-order valence-electron chi connectivity index (χ0n) is 15.5. The van der Waals surface area contributed by atoms with E-state index in [2.05, 4.69) is 0 Å². The number of carbonyl (C=O) groups is 2. The van der Waals surface area contributed by atoms with Gasteiger partial charge in [-0.05, 0) is 43.5 Å². The number of rotatable bonds is 3. The van der Waals surface area contributed by atoms with E-state index < -0.39 is 17.0 Å². The lowest BCUT2D eigenvalue weighted by Gasteiger charge is -2.38. The van der Waals surface area contributed by atoms with Gasteiger partial charge in [-0.3, -0.25) is 9.59 Å². The summed E-state index contributed by atoms with van der Waals surface area (Å²) >= 11 is 0. The van der Waals surface area contributed by atoms with Gasteiger partial charge in [0.05, 0.1) is 12.0 Å². The van der Waals surface area contributed by atoms with Crippen molar-refractivity contribution in [2.75, 3.05) is 19.6 Å². The van der Waals surface area contributed by atoms with E-state index in [0.717, 1.165) is 0 Å². The van der Waals surface area contributed by atoms with Gasteiger partial charge >= 0.3 is 0 Å². The molecule has 0 N–H and O–H groups in total. The maximum atomic E-state index is 13.9. The summed E-state index contributed by atoms with van der Waals surface area (Å²) in [6, 6.07) is 12.9. The van der Waals surface area contributed by atoms with Gasteiger partial charge in [-0.25, -0.2) is 8.78 Å². The highest BCUT2D eigenvalue weighted by Crippen LogP contribution is 2.42. The fraction of sp³-hybridized carbons (Fsp3) is 0.364. The van der Waals surface area contributed by atoms with Crippen LogP contribution in [0, 0.1) is 17.0 Å². The topological polar surface area (TPSA) is 40.6 Å². The van der Waals surface area contributed by atoms with Crippen LogP contribution in [0.5, 0.6) is 0 Å². The van der Waals surface area contributed by atoms with E-state index in [0.29, 0.717) is 44.5 Å². The predicted octanol–water partition coefficient (Wildman–Crippen LogP) is 3.62. The first-order valence-electron chi connectivity index (χ1n) is 9.57. The Morgan fingerprint density at radius 3 is 2.14 bits per heavy atom. The van der Waals surface area contributed by atoms with Crippen molar-refractivity contribution in [3.05, 3.63) is 71.3 Å². The largest absolute Gasteiger partial charge is 0.339 e. The minimum absolute atomic E-state index is 0.0221. The van der Waals surface area contributed by atoms with Gasteiger partial charge in [0.15, 0.2) is 0 Å². The molecule has 2 aromatic rings. The molecule has 1 spiro atoms. The van der Waals surface area contributed by atoms with Crippen molar-refractivity contribution in [2.24, 2.45) is 5.41 Å². The molecule has 146 valence electrons. The molecule has 4 nitrogen and oxygen atoms in total. The molecule has 0 saturated carbocycles. The minimum Gasteiger partial charge on any atom is -0.339 e. The molecule has 2 saturated heterocycles. The fourth-order valence-electron chi connectivity index (χ4n) is 4.28. The average molecular weight is 384 g/mol. The maximum Gasteiger partial charge on any atom is 0.253 e. The molecule has 0 aliphatic carbocycles. The summed E-state index contributed by atoms with van der Waals surface area (Å²) in [5.74, 6) is -1.33. The first kappa shape index (κ1) is 18.6. The van der Waals surface area contributed by atoms with Gasteiger partial charge in [0, 0.05) is 30.8 Å². The zero-order chi connectivity index (χ0) is 19.7. The van der Waals surface area contributed by atoms with E-state index >= 15 is 0 Å². The van der Waals surface area contributed by atoms with Crippen molar-refractivity contribution in [1.82, 2.24) is 9.80 Å². The first-order valence-corrected chi connectivity index (χ1v) is 9.57. The Labute approximate surface area is 162 Å². The molecule has 2 aliphatic rings. The minimum atomic E-state index is -0.628. The smallest absolute Gasteiger partial charge is 0.253 e. The van der Waals surface area contributed by atoms with Crippen LogP contribution in [0.3, 0.4) is 0 Å². The van der Waals surface area contributed by atoms with Crippen LogP contribution in [-0.4, -0.2) is 41.2 Å². The van der Waals surface area contributed by atoms with Crippen LogP contribution in [0.2, 0.25) is 0 Å². The van der Waals surface area contributed by atoms with Crippen molar-refractivity contribution in [2.45, 2.75) is 25.8 Å². The second-order valence-electron chi connectivity index (χ2n) is 7.62. The molecule has 4 rings (SSSR count). The Balaban J connectivity index is 1.42. The number of hydrogen-bond donors (Lipinski definition) is 0. The van der Waals surface area contributed by atoms with Crippen LogP contribution in [-0.2, 0) is 11.3 Å². The van der Waals surface area contributed by atoms with Crippen LogP contribution in [0.1, 0.15) is 35.2 Å². The summed E-state index contributed by atoms with van der Waals surface area (Å²) in [6.07, 6.45) is 1.83. The lowest BCUT2D eigenvalue weighted by molar-refractivity contribution is -0.138. The van der Waals surface area contributed by atoms with Gasteiger partial charge in [-0.1, -0.05) is 24.3 Å². The van der Waals surface area contributed by atoms with Crippen molar-refractivity contribution in [1.29, 1.82) is 0 Å². The van der Waals surface area contributed by atoms with Gasteiger partial charge in [0.25, 0.3) is 5.91 Å². The molecule has 2 aromatic carbocycles. The van der Waals surface area contributed by atoms with Crippen LogP contribution in [0.15, 0.2) is 48.5 Å². The number of nitrogens with zero attached hydrogens (tertiary/aromatic N) is 2. The quantitative estimate of drug-likeness (QED) is 0.811. The van der Waals surface area contributed by atoms with Gasteiger partial charge in [-0.15, -0.1) is 0 Å². The van der Waals surface area contributed by atoms with E-state index in [1.807, 2.05) is 18.2 Å². The highest BCUT2D eigenvalue weighted by Gasteiger charge is 2.48. The van der Waals surface area contributed by atoms with Gasteiger partial charge < -0.3 is 9.80 Å². The Bertz CT molecular complexity index is 872. The number of likely N-dealkylation sites (tertiary alicyclic amines) is 2. The fourth-order valence-corrected chi connectivity index (χ4v) is 4.28. The number of halogens is 2. The molecular formula is C22H22F2N2O2.